The fourth-order valence-corrected chi connectivity index (χ4v) is 5.54. The number of carbonyl (C=O) groups is 2. The quantitative estimate of drug-likeness (QED) is 0.725. The molecule has 0 unspecified atom stereocenters. The molecule has 0 radical (unpaired) electrons. The van der Waals surface area contributed by atoms with Crippen molar-refractivity contribution in [1.29, 1.82) is 0 Å². The van der Waals surface area contributed by atoms with Gasteiger partial charge in [-0.2, -0.15) is 0 Å². The van der Waals surface area contributed by atoms with E-state index in [0.717, 1.165) is 35.8 Å². The highest BCUT2D eigenvalue weighted by Gasteiger charge is 2.32. The van der Waals surface area contributed by atoms with E-state index in [2.05, 4.69) is 22.4 Å². The third-order valence-electron chi connectivity index (χ3n) is 6.29. The Morgan fingerprint density at radius 2 is 2.10 bits per heavy atom. The molecule has 2 aromatic heterocycles. The van der Waals surface area contributed by atoms with Crippen LogP contribution >= 0.6 is 11.3 Å². The number of hydrogen-bond acceptors (Lipinski definition) is 6. The largest absolute Gasteiger partial charge is 0.361 e. The summed E-state index contributed by atoms with van der Waals surface area (Å²) in [6, 6.07) is 1.60. The van der Waals surface area contributed by atoms with Crippen LogP contribution in [0.1, 0.15) is 78.7 Å². The minimum Gasteiger partial charge on any atom is -0.361 e. The lowest BCUT2D eigenvalue weighted by molar-refractivity contribution is -0.137. The van der Waals surface area contributed by atoms with Crippen LogP contribution < -0.4 is 5.32 Å². The van der Waals surface area contributed by atoms with Gasteiger partial charge in [-0.3, -0.25) is 14.9 Å². The van der Waals surface area contributed by atoms with Crippen LogP contribution in [0.25, 0.3) is 0 Å². The number of thiazole rings is 1. The van der Waals surface area contributed by atoms with Crippen molar-refractivity contribution in [3.8, 4) is 0 Å². The van der Waals surface area contributed by atoms with Crippen LogP contribution in [0.4, 0.5) is 5.13 Å². The van der Waals surface area contributed by atoms with Crippen LogP contribution in [0.2, 0.25) is 0 Å². The number of carbonyl (C=O) groups excluding carboxylic acids is 2. The third kappa shape index (κ3) is 4.74. The Balaban J connectivity index is 1.32. The lowest BCUT2D eigenvalue weighted by Gasteiger charge is -2.33. The van der Waals surface area contributed by atoms with Gasteiger partial charge in [0, 0.05) is 29.8 Å². The fraction of sp³-hybridized carbons (Fsp3) is 0.636. The summed E-state index contributed by atoms with van der Waals surface area (Å²) in [6.45, 7) is 5.29. The Bertz CT molecular complexity index is 898. The SMILES string of the molecule is CCCCC1CCC(C(=O)N2CCc3nc(NC(=O)c4cc(C)on4)sc3C2)CC1. The first-order valence-corrected chi connectivity index (χ1v) is 11.9. The van der Waals surface area contributed by atoms with Crippen molar-refractivity contribution < 1.29 is 14.1 Å². The Hall–Kier alpha value is -2.22. The van der Waals surface area contributed by atoms with Crippen molar-refractivity contribution in [1.82, 2.24) is 15.0 Å². The predicted molar refractivity (Wildman–Crippen MR) is 115 cm³/mol. The van der Waals surface area contributed by atoms with Crippen LogP contribution in [0.15, 0.2) is 10.6 Å². The number of nitrogens with zero attached hydrogens (tertiary/aromatic N) is 3. The molecule has 7 nitrogen and oxygen atoms in total. The second-order valence-corrected chi connectivity index (χ2v) is 9.62. The van der Waals surface area contributed by atoms with Crippen molar-refractivity contribution in [2.24, 2.45) is 11.8 Å². The zero-order valence-corrected chi connectivity index (χ0v) is 18.6. The van der Waals surface area contributed by atoms with Crippen molar-refractivity contribution >= 4 is 28.3 Å². The van der Waals surface area contributed by atoms with Gasteiger partial charge in [0.05, 0.1) is 12.2 Å². The Morgan fingerprint density at radius 1 is 1.30 bits per heavy atom. The van der Waals surface area contributed by atoms with E-state index in [9.17, 15) is 9.59 Å². The Kier molecular flexibility index (Phi) is 6.51. The van der Waals surface area contributed by atoms with Gasteiger partial charge < -0.3 is 9.42 Å². The maximum absolute atomic E-state index is 13.1. The first-order valence-electron chi connectivity index (χ1n) is 11.1. The Morgan fingerprint density at radius 3 is 2.80 bits per heavy atom. The number of hydrogen-bond donors (Lipinski definition) is 1. The molecule has 0 aromatic carbocycles. The highest BCUT2D eigenvalue weighted by Crippen LogP contribution is 2.35. The minimum atomic E-state index is -0.328. The zero-order chi connectivity index (χ0) is 21.1. The molecule has 4 rings (SSSR count). The first-order chi connectivity index (χ1) is 14.5. The summed E-state index contributed by atoms with van der Waals surface area (Å²) in [6.07, 6.45) is 9.04. The second-order valence-electron chi connectivity index (χ2n) is 8.54. The summed E-state index contributed by atoms with van der Waals surface area (Å²) in [5.74, 6) is 1.54. The molecular weight excluding hydrogens is 400 g/mol. The summed E-state index contributed by atoms with van der Waals surface area (Å²) in [7, 11) is 0. The summed E-state index contributed by atoms with van der Waals surface area (Å²) in [4.78, 5) is 33.0. The van der Waals surface area contributed by atoms with Crippen molar-refractivity contribution in [2.75, 3.05) is 11.9 Å². The molecule has 1 aliphatic carbocycles. The van der Waals surface area contributed by atoms with Gasteiger partial charge in [0.15, 0.2) is 10.8 Å². The van der Waals surface area contributed by atoms with E-state index in [1.165, 1.54) is 43.4 Å². The number of aromatic nitrogens is 2. The maximum atomic E-state index is 13.1. The fourth-order valence-electron chi connectivity index (χ4n) is 4.52. The van der Waals surface area contributed by atoms with Gasteiger partial charge in [0.1, 0.15) is 5.76 Å². The molecule has 3 heterocycles. The van der Waals surface area contributed by atoms with Gasteiger partial charge in [-0.1, -0.05) is 42.7 Å². The molecule has 1 saturated carbocycles. The molecule has 0 bridgehead atoms. The summed E-state index contributed by atoms with van der Waals surface area (Å²) in [5.41, 5.74) is 1.23. The molecule has 1 N–H and O–H groups in total. The first kappa shape index (κ1) is 21.0. The molecule has 0 atom stereocenters. The van der Waals surface area contributed by atoms with Crippen molar-refractivity contribution in [3.05, 3.63) is 28.1 Å². The van der Waals surface area contributed by atoms with Gasteiger partial charge in [-0.15, -0.1) is 0 Å². The normalized spacial score (nSPS) is 21.3. The lowest BCUT2D eigenvalue weighted by Crippen LogP contribution is -2.40. The topological polar surface area (TPSA) is 88.3 Å². The molecule has 162 valence electrons. The minimum absolute atomic E-state index is 0.173. The number of amides is 2. The van der Waals surface area contributed by atoms with Crippen LogP contribution in [0.5, 0.6) is 0 Å². The Labute approximate surface area is 181 Å². The molecule has 1 fully saturated rings. The van der Waals surface area contributed by atoms with E-state index >= 15 is 0 Å². The number of fused-ring (bicyclic) bond motifs is 1. The van der Waals surface area contributed by atoms with E-state index in [1.807, 2.05) is 4.90 Å². The van der Waals surface area contributed by atoms with E-state index in [-0.39, 0.29) is 17.5 Å². The highest BCUT2D eigenvalue weighted by atomic mass is 32.1. The lowest BCUT2D eigenvalue weighted by atomic mass is 9.79. The van der Waals surface area contributed by atoms with E-state index in [4.69, 9.17) is 4.52 Å². The van der Waals surface area contributed by atoms with Crippen LogP contribution in [0.3, 0.4) is 0 Å². The predicted octanol–water partition coefficient (Wildman–Crippen LogP) is 4.57. The van der Waals surface area contributed by atoms with Crippen molar-refractivity contribution in [3.63, 3.8) is 0 Å². The third-order valence-corrected chi connectivity index (χ3v) is 7.28. The van der Waals surface area contributed by atoms with Crippen LogP contribution in [-0.2, 0) is 17.8 Å². The molecule has 0 saturated heterocycles. The summed E-state index contributed by atoms with van der Waals surface area (Å²) >= 11 is 1.45. The average molecular weight is 431 g/mol. The van der Waals surface area contributed by atoms with E-state index in [1.54, 1.807) is 13.0 Å². The molecule has 1 aliphatic heterocycles. The number of unbranched alkanes of at least 4 members (excludes halogenated alkanes) is 1. The molecule has 2 aromatic rings. The number of nitrogens with one attached hydrogen (secondary N) is 1. The maximum Gasteiger partial charge on any atom is 0.279 e. The molecule has 0 spiro atoms. The van der Waals surface area contributed by atoms with Gasteiger partial charge in [0.2, 0.25) is 5.91 Å². The number of anilines is 1. The van der Waals surface area contributed by atoms with Gasteiger partial charge in [-0.25, -0.2) is 4.98 Å². The monoisotopic (exact) mass is 430 g/mol. The van der Waals surface area contributed by atoms with Gasteiger partial charge >= 0.3 is 0 Å². The van der Waals surface area contributed by atoms with Gasteiger partial charge in [-0.05, 0) is 38.5 Å². The molecular formula is C22H30N4O3S. The van der Waals surface area contributed by atoms with E-state index in [0.29, 0.717) is 29.9 Å². The van der Waals surface area contributed by atoms with Crippen LogP contribution in [-0.4, -0.2) is 33.4 Å². The van der Waals surface area contributed by atoms with Crippen LogP contribution in [0, 0.1) is 18.8 Å². The zero-order valence-electron chi connectivity index (χ0n) is 17.8. The second kappa shape index (κ2) is 9.29. The number of aryl methyl sites for hydroxylation is 1. The average Bonchev–Trinajstić information content (AvgIpc) is 3.37. The molecule has 2 aliphatic rings. The summed E-state index contributed by atoms with van der Waals surface area (Å²) < 4.78 is 4.96. The molecule has 2 amide bonds. The number of rotatable bonds is 6. The van der Waals surface area contributed by atoms with Crippen molar-refractivity contribution in [2.45, 2.75) is 71.8 Å². The molecule has 8 heteroatoms. The highest BCUT2D eigenvalue weighted by molar-refractivity contribution is 7.15. The standard InChI is InChI=1S/C22H30N4O3S/c1-3-4-5-15-6-8-16(9-7-15)21(28)26-11-10-17-19(13-26)30-22(23-17)24-20(27)18-12-14(2)29-25-18/h12,15-16H,3-11,13H2,1-2H3,(H,23,24,27). The summed E-state index contributed by atoms with van der Waals surface area (Å²) in [5, 5.41) is 7.09. The smallest absolute Gasteiger partial charge is 0.279 e. The van der Waals surface area contributed by atoms with E-state index < -0.39 is 0 Å². The molecule has 30 heavy (non-hydrogen) atoms. The van der Waals surface area contributed by atoms with Gasteiger partial charge in [0.25, 0.3) is 5.91 Å².